The number of phenolic OH excluding ortho intramolecular Hbond substituents is 1. The maximum atomic E-state index is 12.6. The molecule has 0 radical (unpaired) electrons. The largest absolute Gasteiger partial charge is 0.508 e. The fourth-order valence-corrected chi connectivity index (χ4v) is 2.90. The number of nitrogens with zero attached hydrogens (tertiary/aromatic N) is 2. The summed E-state index contributed by atoms with van der Waals surface area (Å²) in [5.41, 5.74) is 3.16. The molecular formula is C17H23N2O3P. The third kappa shape index (κ3) is 3.46. The number of aromatic nitrogens is 2. The van der Waals surface area contributed by atoms with E-state index in [-0.39, 0.29) is 27.4 Å². The molecule has 1 aromatic heterocycles. The zero-order chi connectivity index (χ0) is 15.7. The molecule has 2 heterocycles. The van der Waals surface area contributed by atoms with Gasteiger partial charge in [0.2, 0.25) is 0 Å². The van der Waals surface area contributed by atoms with E-state index < -0.39 is 0 Å². The first kappa shape index (κ1) is 17.6. The minimum Gasteiger partial charge on any atom is -0.508 e. The van der Waals surface area contributed by atoms with Crippen LogP contribution in [0.5, 0.6) is 5.75 Å². The van der Waals surface area contributed by atoms with Crippen molar-refractivity contribution >= 4 is 9.90 Å². The van der Waals surface area contributed by atoms with Crippen molar-refractivity contribution in [2.24, 2.45) is 0 Å². The molecule has 2 unspecified atom stereocenters. The molecular weight excluding hydrogens is 311 g/mol. The van der Waals surface area contributed by atoms with Gasteiger partial charge in [0, 0.05) is 17.7 Å². The lowest BCUT2D eigenvalue weighted by Crippen LogP contribution is -2.32. The number of ether oxygens (including phenoxy) is 1. The van der Waals surface area contributed by atoms with Gasteiger partial charge in [0.05, 0.1) is 6.20 Å². The second kappa shape index (κ2) is 7.24. The molecule has 2 aromatic rings. The quantitative estimate of drug-likeness (QED) is 0.858. The summed E-state index contributed by atoms with van der Waals surface area (Å²) >= 11 is 0. The Morgan fingerprint density at radius 1 is 1.26 bits per heavy atom. The van der Waals surface area contributed by atoms with Gasteiger partial charge in [-0.1, -0.05) is 6.07 Å². The number of aromatic hydroxyl groups is 1. The van der Waals surface area contributed by atoms with E-state index in [1.165, 1.54) is 4.68 Å². The van der Waals surface area contributed by atoms with Crippen LogP contribution in [0, 0.1) is 13.8 Å². The van der Waals surface area contributed by atoms with Crippen molar-refractivity contribution in [1.29, 1.82) is 0 Å². The molecule has 1 N–H and O–H groups in total. The Hall–Kier alpha value is -1.71. The van der Waals surface area contributed by atoms with Gasteiger partial charge in [-0.3, -0.25) is 4.79 Å². The Balaban J connectivity index is 0.00000192. The van der Waals surface area contributed by atoms with Crippen molar-refractivity contribution in [1.82, 2.24) is 9.78 Å². The van der Waals surface area contributed by atoms with Gasteiger partial charge in [-0.25, -0.2) is 4.68 Å². The fourth-order valence-electron chi connectivity index (χ4n) is 2.90. The van der Waals surface area contributed by atoms with E-state index >= 15 is 0 Å². The summed E-state index contributed by atoms with van der Waals surface area (Å²) in [6, 6.07) is 5.12. The van der Waals surface area contributed by atoms with Crippen LogP contribution < -0.4 is 5.56 Å². The molecule has 0 aliphatic carbocycles. The number of hydrogen-bond acceptors (Lipinski definition) is 4. The van der Waals surface area contributed by atoms with Crippen LogP contribution >= 0.6 is 9.90 Å². The van der Waals surface area contributed by atoms with E-state index in [0.29, 0.717) is 12.2 Å². The minimum atomic E-state index is -0.255. The lowest BCUT2D eigenvalue weighted by molar-refractivity contribution is -0.0425. The van der Waals surface area contributed by atoms with Gasteiger partial charge >= 0.3 is 0 Å². The molecule has 2 atom stereocenters. The van der Waals surface area contributed by atoms with Gasteiger partial charge in [-0.05, 0) is 56.4 Å². The lowest BCUT2D eigenvalue weighted by atomic mass is 9.99. The number of benzene rings is 1. The molecule has 124 valence electrons. The summed E-state index contributed by atoms with van der Waals surface area (Å²) in [6.45, 7) is 4.39. The fraction of sp³-hybridized carbons (Fsp3) is 0.412. The van der Waals surface area contributed by atoms with Crippen LogP contribution in [0.15, 0.2) is 29.2 Å². The predicted octanol–water partition coefficient (Wildman–Crippen LogP) is 2.99. The molecule has 1 saturated heterocycles. The van der Waals surface area contributed by atoms with Crippen LogP contribution in [0.2, 0.25) is 0 Å². The number of aryl methyl sites for hydroxylation is 1. The average Bonchev–Trinajstić information content (AvgIpc) is 2.52. The van der Waals surface area contributed by atoms with E-state index in [9.17, 15) is 9.90 Å². The van der Waals surface area contributed by atoms with Crippen LogP contribution in [0.3, 0.4) is 0 Å². The minimum absolute atomic E-state index is 0. The topological polar surface area (TPSA) is 64.3 Å². The molecule has 1 aliphatic heterocycles. The van der Waals surface area contributed by atoms with E-state index in [1.807, 2.05) is 19.9 Å². The molecule has 0 spiro atoms. The maximum absolute atomic E-state index is 12.6. The average molecular weight is 334 g/mol. The van der Waals surface area contributed by atoms with Crippen molar-refractivity contribution in [3.63, 3.8) is 0 Å². The van der Waals surface area contributed by atoms with E-state index in [4.69, 9.17) is 4.74 Å². The van der Waals surface area contributed by atoms with Crippen molar-refractivity contribution in [3.05, 3.63) is 45.9 Å². The molecule has 1 aromatic carbocycles. The highest BCUT2D eigenvalue weighted by molar-refractivity contribution is 6.92. The van der Waals surface area contributed by atoms with Crippen LogP contribution in [0.1, 0.15) is 36.6 Å². The molecule has 1 fully saturated rings. The predicted molar refractivity (Wildman–Crippen MR) is 95.0 cm³/mol. The zero-order valence-corrected chi connectivity index (χ0v) is 15.0. The van der Waals surface area contributed by atoms with Crippen LogP contribution in [-0.2, 0) is 4.74 Å². The van der Waals surface area contributed by atoms with E-state index in [2.05, 4.69) is 5.10 Å². The summed E-state index contributed by atoms with van der Waals surface area (Å²) in [7, 11) is 0. The van der Waals surface area contributed by atoms with Gasteiger partial charge in [-0.2, -0.15) is 15.0 Å². The molecule has 0 saturated carbocycles. The zero-order valence-electron chi connectivity index (χ0n) is 13.6. The molecule has 6 heteroatoms. The number of hydrogen-bond donors (Lipinski definition) is 1. The smallest absolute Gasteiger partial charge is 0.272 e. The maximum Gasteiger partial charge on any atom is 0.272 e. The first-order valence-electron chi connectivity index (χ1n) is 7.58. The summed E-state index contributed by atoms with van der Waals surface area (Å²) in [5, 5.41) is 13.8. The third-order valence-corrected chi connectivity index (χ3v) is 4.17. The number of phenols is 1. The van der Waals surface area contributed by atoms with Gasteiger partial charge in [0.1, 0.15) is 5.75 Å². The number of rotatable bonds is 2. The highest BCUT2D eigenvalue weighted by Crippen LogP contribution is 2.28. The first-order valence-corrected chi connectivity index (χ1v) is 7.58. The molecule has 0 bridgehead atoms. The Morgan fingerprint density at radius 2 is 2.04 bits per heavy atom. The Bertz CT molecular complexity index is 752. The van der Waals surface area contributed by atoms with Gasteiger partial charge in [-0.15, -0.1) is 0 Å². The van der Waals surface area contributed by atoms with E-state index in [0.717, 1.165) is 36.0 Å². The van der Waals surface area contributed by atoms with Crippen molar-refractivity contribution in [2.45, 2.75) is 39.3 Å². The van der Waals surface area contributed by atoms with Gasteiger partial charge in [0.25, 0.3) is 5.56 Å². The normalized spacial score (nSPS) is 17.6. The Kier molecular flexibility index (Phi) is 5.55. The standard InChI is InChI=1S/C17H20N2O3.H3P/c1-11-9-13(20)6-7-14(11)15-10-18-19(17(21)12(15)2)16-5-3-4-8-22-16;/h6-7,9-10,16,20H,3-5,8H2,1-2H3;1H3. The monoisotopic (exact) mass is 334 g/mol. The highest BCUT2D eigenvalue weighted by atomic mass is 31.0. The van der Waals surface area contributed by atoms with Crippen molar-refractivity contribution in [2.75, 3.05) is 6.61 Å². The van der Waals surface area contributed by atoms with Gasteiger partial charge in [0.15, 0.2) is 6.23 Å². The lowest BCUT2D eigenvalue weighted by Gasteiger charge is -2.24. The third-order valence-electron chi connectivity index (χ3n) is 4.17. The van der Waals surface area contributed by atoms with Crippen LogP contribution in [-0.4, -0.2) is 21.5 Å². The van der Waals surface area contributed by atoms with Gasteiger partial charge < -0.3 is 9.84 Å². The second-order valence-corrected chi connectivity index (χ2v) is 5.75. The molecule has 23 heavy (non-hydrogen) atoms. The van der Waals surface area contributed by atoms with Crippen LogP contribution in [0.25, 0.3) is 11.1 Å². The SMILES string of the molecule is Cc1cc(O)ccc1-c1cnn(C2CCCCO2)c(=O)c1C.P. The second-order valence-electron chi connectivity index (χ2n) is 5.75. The Morgan fingerprint density at radius 3 is 2.70 bits per heavy atom. The summed E-state index contributed by atoms with van der Waals surface area (Å²) in [5.74, 6) is 0.218. The molecule has 0 amide bonds. The summed E-state index contributed by atoms with van der Waals surface area (Å²) < 4.78 is 7.10. The van der Waals surface area contributed by atoms with Crippen molar-refractivity contribution in [3.8, 4) is 16.9 Å². The Labute approximate surface area is 138 Å². The summed E-state index contributed by atoms with van der Waals surface area (Å²) in [4.78, 5) is 12.6. The molecule has 3 rings (SSSR count). The van der Waals surface area contributed by atoms with Crippen LogP contribution in [0.4, 0.5) is 0 Å². The highest BCUT2D eigenvalue weighted by Gasteiger charge is 2.20. The van der Waals surface area contributed by atoms with E-state index in [1.54, 1.807) is 18.3 Å². The molecule has 5 nitrogen and oxygen atoms in total. The first-order chi connectivity index (χ1) is 10.6. The molecule has 1 aliphatic rings. The van der Waals surface area contributed by atoms with Crippen molar-refractivity contribution < 1.29 is 9.84 Å². The summed E-state index contributed by atoms with van der Waals surface area (Å²) in [6.07, 6.45) is 4.37.